The molecule has 1 unspecified atom stereocenters. The van der Waals surface area contributed by atoms with Gasteiger partial charge in [0.25, 0.3) is 0 Å². The molecule has 0 saturated carbocycles. The van der Waals surface area contributed by atoms with Gasteiger partial charge < -0.3 is 4.57 Å². The number of hydrogen-bond acceptors (Lipinski definition) is 1. The van der Waals surface area contributed by atoms with Crippen LogP contribution in [0.15, 0.2) is 30.5 Å². The van der Waals surface area contributed by atoms with Crippen molar-refractivity contribution in [3.8, 4) is 0 Å². The summed E-state index contributed by atoms with van der Waals surface area (Å²) in [6, 6.07) is 7.98. The fourth-order valence-corrected chi connectivity index (χ4v) is 2.75. The van der Waals surface area contributed by atoms with E-state index in [4.69, 9.17) is 0 Å². The van der Waals surface area contributed by atoms with Gasteiger partial charge in [0.05, 0.1) is 5.52 Å². The van der Waals surface area contributed by atoms with Gasteiger partial charge in [-0.05, 0) is 30.4 Å². The Morgan fingerprint density at radius 2 is 2.00 bits per heavy atom. The summed E-state index contributed by atoms with van der Waals surface area (Å²) in [5.74, 6) is 1.34. The Labute approximate surface area is 109 Å². The molecule has 0 fully saturated rings. The van der Waals surface area contributed by atoms with Gasteiger partial charge in [-0.2, -0.15) is 0 Å². The molecule has 1 heterocycles. The van der Waals surface area contributed by atoms with Crippen LogP contribution in [0.25, 0.3) is 10.9 Å². The van der Waals surface area contributed by atoms with Gasteiger partial charge in [0.1, 0.15) is 0 Å². The Morgan fingerprint density at radius 1 is 1.22 bits per heavy atom. The third-order valence-corrected chi connectivity index (χ3v) is 3.33. The molecule has 0 radical (unpaired) electrons. The van der Waals surface area contributed by atoms with E-state index in [1.165, 1.54) is 6.42 Å². The zero-order valence-electron chi connectivity index (χ0n) is 11.4. The van der Waals surface area contributed by atoms with E-state index >= 15 is 0 Å². The molecule has 2 heteroatoms. The summed E-state index contributed by atoms with van der Waals surface area (Å²) in [7, 11) is 0. The van der Waals surface area contributed by atoms with Gasteiger partial charge >= 0.3 is 0 Å². The maximum Gasteiger partial charge on any atom is 0.152 e. The first-order valence-electron chi connectivity index (χ1n) is 6.65. The lowest BCUT2D eigenvalue weighted by atomic mass is 9.99. The molecule has 0 aliphatic heterocycles. The molecule has 0 bridgehead atoms. The van der Waals surface area contributed by atoms with Crippen molar-refractivity contribution in [1.29, 1.82) is 0 Å². The van der Waals surface area contributed by atoms with E-state index in [1.807, 2.05) is 12.1 Å². The van der Waals surface area contributed by atoms with Gasteiger partial charge in [0.2, 0.25) is 0 Å². The van der Waals surface area contributed by atoms with Crippen LogP contribution in [-0.2, 0) is 6.54 Å². The van der Waals surface area contributed by atoms with E-state index in [-0.39, 0.29) is 0 Å². The zero-order valence-corrected chi connectivity index (χ0v) is 11.4. The Kier molecular flexibility index (Phi) is 3.85. The number of hydrogen-bond donors (Lipinski definition) is 0. The van der Waals surface area contributed by atoms with Gasteiger partial charge in [-0.3, -0.25) is 4.79 Å². The molecule has 2 aromatic rings. The van der Waals surface area contributed by atoms with Gasteiger partial charge in [-0.15, -0.1) is 0 Å². The minimum atomic E-state index is 0.625. The Bertz CT molecular complexity index is 539. The van der Waals surface area contributed by atoms with E-state index in [1.54, 1.807) is 0 Å². The molecule has 1 aromatic heterocycles. The molecule has 0 aliphatic carbocycles. The first kappa shape index (κ1) is 12.9. The van der Waals surface area contributed by atoms with Crippen molar-refractivity contribution in [1.82, 2.24) is 4.57 Å². The summed E-state index contributed by atoms with van der Waals surface area (Å²) >= 11 is 0. The van der Waals surface area contributed by atoms with Crippen molar-refractivity contribution in [2.24, 2.45) is 11.8 Å². The quantitative estimate of drug-likeness (QED) is 0.723. The lowest BCUT2D eigenvalue weighted by Gasteiger charge is -2.16. The minimum absolute atomic E-state index is 0.625. The number of aldehydes is 1. The van der Waals surface area contributed by atoms with Crippen molar-refractivity contribution in [2.45, 2.75) is 33.7 Å². The molecule has 0 spiro atoms. The van der Waals surface area contributed by atoms with Crippen LogP contribution in [-0.4, -0.2) is 10.9 Å². The van der Waals surface area contributed by atoms with Gasteiger partial charge in [0.15, 0.2) is 6.29 Å². The van der Waals surface area contributed by atoms with E-state index in [0.29, 0.717) is 11.8 Å². The van der Waals surface area contributed by atoms with Crippen molar-refractivity contribution in [3.05, 3.63) is 36.0 Å². The van der Waals surface area contributed by atoms with Crippen LogP contribution >= 0.6 is 0 Å². The highest BCUT2D eigenvalue weighted by Gasteiger charge is 2.10. The number of rotatable bonds is 5. The van der Waals surface area contributed by atoms with E-state index < -0.39 is 0 Å². The number of carbonyl (C=O) groups is 1. The van der Waals surface area contributed by atoms with Crippen LogP contribution in [0.5, 0.6) is 0 Å². The van der Waals surface area contributed by atoms with E-state index in [9.17, 15) is 4.79 Å². The number of para-hydroxylation sites is 1. The topological polar surface area (TPSA) is 22.0 Å². The number of nitrogens with zero attached hydrogens (tertiary/aromatic N) is 1. The maximum absolute atomic E-state index is 11.1. The Hall–Kier alpha value is -1.57. The second kappa shape index (κ2) is 5.38. The average Bonchev–Trinajstić information content (AvgIpc) is 2.71. The van der Waals surface area contributed by atoms with E-state index in [2.05, 4.69) is 43.7 Å². The number of carbonyl (C=O) groups excluding carboxylic acids is 1. The molecule has 2 nitrogen and oxygen atoms in total. The molecular formula is C16H21NO. The van der Waals surface area contributed by atoms with Crippen molar-refractivity contribution in [2.75, 3.05) is 0 Å². The lowest BCUT2D eigenvalue weighted by Crippen LogP contribution is -2.09. The van der Waals surface area contributed by atoms with Gasteiger partial charge in [-0.1, -0.05) is 32.9 Å². The Balaban J connectivity index is 2.31. The summed E-state index contributed by atoms with van der Waals surface area (Å²) in [4.78, 5) is 11.1. The second-order valence-electron chi connectivity index (χ2n) is 5.61. The van der Waals surface area contributed by atoms with Gasteiger partial charge in [-0.25, -0.2) is 0 Å². The Morgan fingerprint density at radius 3 is 2.67 bits per heavy atom. The number of fused-ring (bicyclic) bond motifs is 1. The third-order valence-electron chi connectivity index (χ3n) is 3.33. The summed E-state index contributed by atoms with van der Waals surface area (Å²) < 4.78 is 2.21. The van der Waals surface area contributed by atoms with Crippen LogP contribution < -0.4 is 0 Å². The summed E-state index contributed by atoms with van der Waals surface area (Å²) in [6.45, 7) is 7.75. The monoisotopic (exact) mass is 243 g/mol. The van der Waals surface area contributed by atoms with Crippen LogP contribution in [0.2, 0.25) is 0 Å². The summed E-state index contributed by atoms with van der Waals surface area (Å²) in [5, 5.41) is 1.15. The average molecular weight is 243 g/mol. The van der Waals surface area contributed by atoms with Crippen molar-refractivity contribution >= 4 is 17.2 Å². The SMILES string of the molecule is CC(C)CC(C)Cn1ccc2cccc(C=O)c21. The molecule has 0 amide bonds. The van der Waals surface area contributed by atoms with Crippen LogP contribution in [0, 0.1) is 11.8 Å². The standard InChI is InChI=1S/C16H21NO/c1-12(2)9-13(3)10-17-8-7-14-5-4-6-15(11-18)16(14)17/h4-8,11-13H,9-10H2,1-3H3. The predicted molar refractivity (Wildman–Crippen MR) is 75.9 cm³/mol. The summed E-state index contributed by atoms with van der Waals surface area (Å²) in [5.41, 5.74) is 1.86. The molecular weight excluding hydrogens is 222 g/mol. The highest BCUT2D eigenvalue weighted by atomic mass is 16.1. The van der Waals surface area contributed by atoms with Crippen LogP contribution in [0.4, 0.5) is 0 Å². The molecule has 0 saturated heterocycles. The molecule has 96 valence electrons. The molecule has 1 aromatic carbocycles. The normalized spacial score (nSPS) is 13.1. The van der Waals surface area contributed by atoms with Crippen LogP contribution in [0.1, 0.15) is 37.6 Å². The van der Waals surface area contributed by atoms with E-state index in [0.717, 1.165) is 29.3 Å². The smallest absolute Gasteiger partial charge is 0.152 e. The highest BCUT2D eigenvalue weighted by molar-refractivity contribution is 5.96. The fraction of sp³-hybridized carbons (Fsp3) is 0.438. The molecule has 0 N–H and O–H groups in total. The molecule has 1 atom stereocenters. The lowest BCUT2D eigenvalue weighted by molar-refractivity contribution is 0.112. The zero-order chi connectivity index (χ0) is 13.1. The number of aromatic nitrogens is 1. The van der Waals surface area contributed by atoms with Gasteiger partial charge in [0, 0.05) is 23.7 Å². The first-order chi connectivity index (χ1) is 8.61. The maximum atomic E-state index is 11.1. The minimum Gasteiger partial charge on any atom is -0.347 e. The van der Waals surface area contributed by atoms with Crippen molar-refractivity contribution < 1.29 is 4.79 Å². The highest BCUT2D eigenvalue weighted by Crippen LogP contribution is 2.22. The largest absolute Gasteiger partial charge is 0.347 e. The first-order valence-corrected chi connectivity index (χ1v) is 6.65. The molecule has 0 aliphatic rings. The molecule has 2 rings (SSSR count). The third kappa shape index (κ3) is 2.63. The summed E-state index contributed by atoms with van der Waals surface area (Å²) in [6.07, 6.45) is 4.25. The van der Waals surface area contributed by atoms with Crippen LogP contribution in [0.3, 0.4) is 0 Å². The van der Waals surface area contributed by atoms with Crippen molar-refractivity contribution in [3.63, 3.8) is 0 Å². The predicted octanol–water partition coefficient (Wildman–Crippen LogP) is 4.14. The fourth-order valence-electron chi connectivity index (χ4n) is 2.75. The molecule has 18 heavy (non-hydrogen) atoms. The second-order valence-corrected chi connectivity index (χ2v) is 5.61. The number of benzene rings is 1.